The van der Waals surface area contributed by atoms with Gasteiger partial charge in [0.2, 0.25) is 0 Å². The Morgan fingerprint density at radius 2 is 0.919 bits per heavy atom. The topological polar surface area (TPSA) is 195 Å². The molecule has 0 fully saturated rings. The van der Waals surface area contributed by atoms with Crippen LogP contribution in [0.25, 0.3) is 0 Å². The molecule has 0 atom stereocenters. The lowest BCUT2D eigenvalue weighted by atomic mass is 10.2. The summed E-state index contributed by atoms with van der Waals surface area (Å²) < 4.78 is 87.1. The van der Waals surface area contributed by atoms with Gasteiger partial charge >= 0.3 is 36.0 Å². The molecule has 3 amide bonds. The average molecular weight is 906 g/mol. The van der Waals surface area contributed by atoms with Crippen molar-refractivity contribution in [2.24, 2.45) is 0 Å². The number of ether oxygens (including phenoxy) is 2. The zero-order valence-electron chi connectivity index (χ0n) is 30.6. The quantitative estimate of drug-likeness (QED) is 0.0584. The molecule has 21 heteroatoms. The first kappa shape index (κ1) is 49.0. The fraction of sp³-hybridized carbons (Fsp3) is 0.0732. The number of hydrogen-bond donors (Lipinski definition) is 5. The van der Waals surface area contributed by atoms with Crippen molar-refractivity contribution in [3.8, 4) is 23.0 Å². The molecule has 6 N–H and O–H groups in total. The van der Waals surface area contributed by atoms with Crippen molar-refractivity contribution in [2.75, 3.05) is 21.7 Å². The number of carboxylic acid groups (broad SMARTS) is 1. The molecule has 0 aliphatic heterocycles. The van der Waals surface area contributed by atoms with Crippen LogP contribution >= 0.6 is 23.2 Å². The Morgan fingerprint density at radius 1 is 0.532 bits per heavy atom. The van der Waals surface area contributed by atoms with Gasteiger partial charge in [-0.05, 0) is 84.9 Å². The summed E-state index contributed by atoms with van der Waals surface area (Å²) in [5.74, 6) is -3.04. The second-order valence-corrected chi connectivity index (χ2v) is 12.5. The van der Waals surface area contributed by atoms with Gasteiger partial charge in [-0.2, -0.15) is 26.3 Å². The molecule has 0 radical (unpaired) electrons. The van der Waals surface area contributed by atoms with Crippen molar-refractivity contribution in [2.45, 2.75) is 19.8 Å². The molecule has 2 heterocycles. The fourth-order valence-corrected chi connectivity index (χ4v) is 4.95. The first-order valence-electron chi connectivity index (χ1n) is 16.8. The van der Waals surface area contributed by atoms with Gasteiger partial charge in [-0.15, -0.1) is 0 Å². The van der Waals surface area contributed by atoms with E-state index in [1.165, 1.54) is 12.1 Å². The summed E-state index contributed by atoms with van der Waals surface area (Å²) in [6.45, 7) is 0. The predicted molar refractivity (Wildman–Crippen MR) is 219 cm³/mol. The zero-order chi connectivity index (χ0) is 44.7. The van der Waals surface area contributed by atoms with E-state index in [9.17, 15) is 45.5 Å². The number of nitrogen functional groups attached to an aromatic ring is 1. The molecule has 0 saturated heterocycles. The number of carbonyl (C=O) groups excluding carboxylic acids is 3. The molecule has 13 nitrogen and oxygen atoms in total. The van der Waals surface area contributed by atoms with E-state index >= 15 is 0 Å². The van der Waals surface area contributed by atoms with Crippen LogP contribution in [0.3, 0.4) is 0 Å². The first-order chi connectivity index (χ1) is 28.8. The highest BCUT2D eigenvalue weighted by atomic mass is 35.5. The maximum atomic E-state index is 12.9. The Labute approximate surface area is 358 Å². The van der Waals surface area contributed by atoms with Crippen molar-refractivity contribution in [1.29, 1.82) is 0 Å². The van der Waals surface area contributed by atoms with Crippen LogP contribution in [0, 0.1) is 0 Å². The molecule has 0 aliphatic carbocycles. The third kappa shape index (κ3) is 15.7. The maximum absolute atomic E-state index is 12.9. The number of halogens is 8. The standard InChI is InChI=1S/C20H13ClF3N3O3.C11H10N2O.C9H5ClF3NO3.CH4/c21-17-5-4-13(11-16(17)20(22,23)24)27-19(29)18(28)26-12-2-1-3-15(10-12)30-14-6-8-25-9-7-14;12-9-2-1-3-11(8-9)14-10-4-6-13-7-5-10;10-6-2-1-4(14-7(15)8(16)17)3-5(6)9(11,12)13;/h1-11H,(H,26,28)(H,27,29);1-8H,12H2;1-3H,(H,14,15)(H,16,17);1H4. The van der Waals surface area contributed by atoms with Crippen LogP contribution in [0.15, 0.2) is 134 Å². The first-order valence-corrected chi connectivity index (χ1v) is 17.6. The van der Waals surface area contributed by atoms with Crippen molar-refractivity contribution in [1.82, 2.24) is 9.97 Å². The minimum atomic E-state index is -4.70. The number of aromatic nitrogens is 2. The van der Waals surface area contributed by atoms with Crippen LogP contribution in [0.4, 0.5) is 49.1 Å². The van der Waals surface area contributed by atoms with Crippen LogP contribution < -0.4 is 31.2 Å². The number of alkyl halides is 6. The molecular formula is C41H32Cl2F6N6O7. The van der Waals surface area contributed by atoms with Gasteiger partial charge in [0.1, 0.15) is 23.0 Å². The molecule has 6 aromatic rings. The van der Waals surface area contributed by atoms with Gasteiger partial charge in [0, 0.05) is 59.7 Å². The molecule has 6 rings (SSSR count). The molecule has 0 unspecified atom stereocenters. The van der Waals surface area contributed by atoms with Gasteiger partial charge in [0.15, 0.2) is 0 Å². The zero-order valence-corrected chi connectivity index (χ0v) is 32.1. The summed E-state index contributed by atoms with van der Waals surface area (Å²) >= 11 is 10.9. The molecule has 0 bridgehead atoms. The Balaban J connectivity index is 0.000000270. The number of amides is 3. The van der Waals surface area contributed by atoms with Crippen LogP contribution in [0.5, 0.6) is 23.0 Å². The van der Waals surface area contributed by atoms with E-state index in [1.54, 1.807) is 72.6 Å². The minimum absolute atomic E-state index is 0. The molecule has 2 aromatic heterocycles. The Kier molecular flexibility index (Phi) is 17.6. The highest BCUT2D eigenvalue weighted by molar-refractivity contribution is 6.43. The number of rotatable bonds is 7. The number of nitrogens with one attached hydrogen (secondary N) is 3. The Morgan fingerprint density at radius 3 is 1.32 bits per heavy atom. The molecule has 324 valence electrons. The van der Waals surface area contributed by atoms with Crippen LogP contribution in [0.2, 0.25) is 10.0 Å². The molecule has 62 heavy (non-hydrogen) atoms. The van der Waals surface area contributed by atoms with Gasteiger partial charge < -0.3 is 36.3 Å². The lowest BCUT2D eigenvalue weighted by Crippen LogP contribution is -2.29. The summed E-state index contributed by atoms with van der Waals surface area (Å²) in [5.41, 5.74) is 3.78. The molecule has 4 aromatic carbocycles. The normalized spacial score (nSPS) is 10.5. The van der Waals surface area contributed by atoms with Gasteiger partial charge in [-0.1, -0.05) is 42.8 Å². The van der Waals surface area contributed by atoms with Crippen molar-refractivity contribution >= 4 is 69.6 Å². The minimum Gasteiger partial charge on any atom is -0.474 e. The van der Waals surface area contributed by atoms with E-state index in [4.69, 9.17) is 43.5 Å². The molecule has 0 aliphatic rings. The largest absolute Gasteiger partial charge is 0.474 e. The second kappa shape index (κ2) is 22.3. The van der Waals surface area contributed by atoms with E-state index in [0.29, 0.717) is 29.3 Å². The maximum Gasteiger partial charge on any atom is 0.417 e. The van der Waals surface area contributed by atoms with Gasteiger partial charge in [0.05, 0.1) is 21.2 Å². The van der Waals surface area contributed by atoms with E-state index < -0.39 is 57.2 Å². The molecule has 0 spiro atoms. The number of nitrogens with zero attached hydrogens (tertiary/aromatic N) is 2. The number of benzene rings is 4. The van der Waals surface area contributed by atoms with Crippen molar-refractivity contribution < 1.29 is 60.1 Å². The van der Waals surface area contributed by atoms with Gasteiger partial charge in [-0.25, -0.2) is 4.79 Å². The predicted octanol–water partition coefficient (Wildman–Crippen LogP) is 10.6. The highest BCUT2D eigenvalue weighted by Crippen LogP contribution is 2.37. The number of pyridine rings is 2. The number of carboxylic acids is 1. The lowest BCUT2D eigenvalue weighted by molar-refractivity contribution is -0.147. The fourth-order valence-electron chi connectivity index (χ4n) is 4.50. The smallest absolute Gasteiger partial charge is 0.417 e. The summed E-state index contributed by atoms with van der Waals surface area (Å²) in [6.07, 6.45) is -2.92. The van der Waals surface area contributed by atoms with Crippen LogP contribution in [-0.2, 0) is 31.5 Å². The highest BCUT2D eigenvalue weighted by Gasteiger charge is 2.34. The average Bonchev–Trinajstić information content (AvgIpc) is 3.20. The number of aliphatic carboxylic acids is 1. The van der Waals surface area contributed by atoms with Crippen molar-refractivity contribution in [3.05, 3.63) is 155 Å². The third-order valence-corrected chi connectivity index (χ3v) is 7.84. The molecule has 0 saturated carbocycles. The summed E-state index contributed by atoms with van der Waals surface area (Å²) in [7, 11) is 0. The second-order valence-electron chi connectivity index (χ2n) is 11.7. The van der Waals surface area contributed by atoms with Gasteiger partial charge in [-0.3, -0.25) is 24.4 Å². The van der Waals surface area contributed by atoms with Gasteiger partial charge in [0.25, 0.3) is 0 Å². The molecular weight excluding hydrogens is 873 g/mol. The van der Waals surface area contributed by atoms with E-state index in [-0.39, 0.29) is 24.5 Å². The van der Waals surface area contributed by atoms with Crippen LogP contribution in [-0.4, -0.2) is 38.8 Å². The third-order valence-electron chi connectivity index (χ3n) is 7.18. The SMILES string of the molecule is C.Nc1cccc(Oc2ccncc2)c1.O=C(Nc1cccc(Oc2ccncc2)c1)C(=O)Nc1ccc(Cl)c(C(F)(F)F)c1.O=C(O)C(=O)Nc1ccc(Cl)c(C(F)(F)F)c1. The Hall–Kier alpha value is -7.38. The number of nitrogens with two attached hydrogens (primary N) is 1. The number of anilines is 4. The summed E-state index contributed by atoms with van der Waals surface area (Å²) in [5, 5.41) is 13.5. The summed E-state index contributed by atoms with van der Waals surface area (Å²) in [6, 6.07) is 25.8. The lowest BCUT2D eigenvalue weighted by Gasteiger charge is -2.12. The van der Waals surface area contributed by atoms with E-state index in [2.05, 4.69) is 20.6 Å². The van der Waals surface area contributed by atoms with E-state index in [0.717, 1.165) is 35.8 Å². The number of carbonyl (C=O) groups is 4. The van der Waals surface area contributed by atoms with Crippen LogP contribution in [0.1, 0.15) is 18.6 Å². The summed E-state index contributed by atoms with van der Waals surface area (Å²) in [4.78, 5) is 52.9. The Bertz CT molecular complexity index is 2480. The number of hydrogen-bond acceptors (Lipinski definition) is 9. The monoisotopic (exact) mass is 904 g/mol. The van der Waals surface area contributed by atoms with Crippen molar-refractivity contribution in [3.63, 3.8) is 0 Å². The van der Waals surface area contributed by atoms with E-state index in [1.807, 2.05) is 18.2 Å².